The zero-order chi connectivity index (χ0) is 25.9. The molecule has 1 saturated carbocycles. The maximum atomic E-state index is 13.4. The number of hydrogen-bond acceptors (Lipinski definition) is 4. The van der Waals surface area contributed by atoms with Crippen molar-refractivity contribution in [1.82, 2.24) is 10.2 Å². The summed E-state index contributed by atoms with van der Waals surface area (Å²) in [4.78, 5) is 28.4. The topological polar surface area (TPSA) is 67.9 Å². The van der Waals surface area contributed by atoms with Crippen molar-refractivity contribution >= 4 is 35.0 Å². The minimum atomic E-state index is -0.603. The second kappa shape index (κ2) is 14.3. The van der Waals surface area contributed by atoms with E-state index in [-0.39, 0.29) is 30.8 Å². The fourth-order valence-electron chi connectivity index (χ4n) is 4.55. The van der Waals surface area contributed by atoms with Gasteiger partial charge in [-0.1, -0.05) is 55.5 Å². The highest BCUT2D eigenvalue weighted by molar-refractivity contribution is 6.36. The Hall–Kier alpha value is -2.44. The summed E-state index contributed by atoms with van der Waals surface area (Å²) in [5, 5.41) is 4.14. The Morgan fingerprint density at radius 3 is 2.28 bits per heavy atom. The molecule has 196 valence electrons. The summed E-state index contributed by atoms with van der Waals surface area (Å²) in [5.74, 6) is 1.22. The van der Waals surface area contributed by atoms with Crippen LogP contribution in [0, 0.1) is 0 Å². The molecule has 1 atom stereocenters. The molecule has 0 spiro atoms. The van der Waals surface area contributed by atoms with Crippen LogP contribution in [-0.2, 0) is 16.1 Å². The molecule has 1 aliphatic rings. The largest absolute Gasteiger partial charge is 0.497 e. The highest BCUT2D eigenvalue weighted by atomic mass is 35.5. The first-order chi connectivity index (χ1) is 17.4. The number of ether oxygens (including phenoxy) is 2. The Morgan fingerprint density at radius 1 is 1.03 bits per heavy atom. The van der Waals surface area contributed by atoms with Crippen LogP contribution in [0.5, 0.6) is 11.5 Å². The predicted molar refractivity (Wildman–Crippen MR) is 144 cm³/mol. The Labute approximate surface area is 224 Å². The van der Waals surface area contributed by atoms with Gasteiger partial charge < -0.3 is 19.7 Å². The summed E-state index contributed by atoms with van der Waals surface area (Å²) < 4.78 is 10.9. The second-order valence-electron chi connectivity index (χ2n) is 9.12. The molecule has 2 aromatic rings. The molecule has 0 aliphatic heterocycles. The van der Waals surface area contributed by atoms with Crippen LogP contribution in [0.15, 0.2) is 42.5 Å². The van der Waals surface area contributed by atoms with Crippen LogP contribution in [0.4, 0.5) is 0 Å². The molecule has 36 heavy (non-hydrogen) atoms. The molecule has 0 heterocycles. The summed E-state index contributed by atoms with van der Waals surface area (Å²) in [6, 6.07) is 12.1. The van der Waals surface area contributed by atoms with Crippen LogP contribution in [-0.4, -0.2) is 42.5 Å². The first-order valence-electron chi connectivity index (χ1n) is 12.7. The molecule has 6 nitrogen and oxygen atoms in total. The molecule has 3 rings (SSSR count). The summed E-state index contributed by atoms with van der Waals surface area (Å²) in [7, 11) is 1.61. The lowest BCUT2D eigenvalue weighted by atomic mass is 9.95. The van der Waals surface area contributed by atoms with Gasteiger partial charge >= 0.3 is 0 Å². The van der Waals surface area contributed by atoms with Crippen LogP contribution < -0.4 is 14.8 Å². The number of rotatable bonds is 12. The minimum Gasteiger partial charge on any atom is -0.497 e. The van der Waals surface area contributed by atoms with E-state index in [1.807, 2.05) is 31.2 Å². The van der Waals surface area contributed by atoms with Crippen molar-refractivity contribution in [3.05, 3.63) is 58.1 Å². The number of methoxy groups -OCH3 is 1. The van der Waals surface area contributed by atoms with E-state index in [1.165, 1.54) is 6.42 Å². The van der Waals surface area contributed by atoms with Gasteiger partial charge in [-0.05, 0) is 62.1 Å². The summed E-state index contributed by atoms with van der Waals surface area (Å²) in [5.41, 5.74) is 0.646. The van der Waals surface area contributed by atoms with E-state index in [9.17, 15) is 9.59 Å². The lowest BCUT2D eigenvalue weighted by molar-refractivity contribution is -0.142. The maximum Gasteiger partial charge on any atom is 0.243 e. The van der Waals surface area contributed by atoms with Crippen molar-refractivity contribution in [2.45, 2.75) is 76.9 Å². The summed E-state index contributed by atoms with van der Waals surface area (Å²) >= 11 is 12.9. The number of hydrogen-bond donors (Lipinski definition) is 1. The highest BCUT2D eigenvalue weighted by Crippen LogP contribution is 2.28. The van der Waals surface area contributed by atoms with E-state index in [0.29, 0.717) is 40.8 Å². The molecule has 8 heteroatoms. The van der Waals surface area contributed by atoms with E-state index >= 15 is 0 Å². The first-order valence-corrected chi connectivity index (χ1v) is 13.5. The minimum absolute atomic E-state index is 0.115. The zero-order valence-corrected chi connectivity index (χ0v) is 22.6. The van der Waals surface area contributed by atoms with Gasteiger partial charge in [0.25, 0.3) is 0 Å². The SMILES string of the molecule is CC[C@H](C(=O)NC1CCCCC1)N(Cc1c(Cl)cccc1Cl)C(=O)CCCOc1ccc(OC)cc1. The summed E-state index contributed by atoms with van der Waals surface area (Å²) in [6.45, 7) is 2.48. The number of nitrogens with zero attached hydrogens (tertiary/aromatic N) is 1. The number of amides is 2. The van der Waals surface area contributed by atoms with Crippen molar-refractivity contribution in [1.29, 1.82) is 0 Å². The van der Waals surface area contributed by atoms with Crippen LogP contribution in [0.3, 0.4) is 0 Å². The monoisotopic (exact) mass is 534 g/mol. The molecule has 2 amide bonds. The van der Waals surface area contributed by atoms with E-state index < -0.39 is 6.04 Å². The molecule has 1 N–H and O–H groups in total. The van der Waals surface area contributed by atoms with Crippen molar-refractivity contribution in [3.8, 4) is 11.5 Å². The zero-order valence-electron chi connectivity index (χ0n) is 21.1. The number of halogens is 2. The fraction of sp³-hybridized carbons (Fsp3) is 0.500. The van der Waals surface area contributed by atoms with E-state index in [2.05, 4.69) is 5.32 Å². The van der Waals surface area contributed by atoms with Gasteiger partial charge in [-0.2, -0.15) is 0 Å². The van der Waals surface area contributed by atoms with Gasteiger partial charge in [0.15, 0.2) is 0 Å². The molecular weight excluding hydrogens is 499 g/mol. The van der Waals surface area contributed by atoms with E-state index in [1.54, 1.807) is 30.2 Å². The molecule has 0 aromatic heterocycles. The molecule has 1 fully saturated rings. The smallest absolute Gasteiger partial charge is 0.243 e. The van der Waals surface area contributed by atoms with Crippen molar-refractivity contribution in [2.75, 3.05) is 13.7 Å². The molecule has 0 radical (unpaired) electrons. The van der Waals surface area contributed by atoms with E-state index in [4.69, 9.17) is 32.7 Å². The van der Waals surface area contributed by atoms with Crippen molar-refractivity contribution in [3.63, 3.8) is 0 Å². The quantitative estimate of drug-likeness (QED) is 0.319. The lowest BCUT2D eigenvalue weighted by Gasteiger charge is -2.33. The van der Waals surface area contributed by atoms with Crippen LogP contribution in [0.1, 0.15) is 63.9 Å². The molecule has 0 bridgehead atoms. The number of carbonyl (C=O) groups is 2. The van der Waals surface area contributed by atoms with Crippen LogP contribution in [0.2, 0.25) is 10.0 Å². The third-order valence-corrected chi connectivity index (χ3v) is 7.30. The third kappa shape index (κ3) is 8.04. The maximum absolute atomic E-state index is 13.4. The number of benzene rings is 2. The molecule has 2 aromatic carbocycles. The van der Waals surface area contributed by atoms with Gasteiger partial charge in [-0.3, -0.25) is 9.59 Å². The van der Waals surface area contributed by atoms with Crippen LogP contribution >= 0.6 is 23.2 Å². The standard InChI is InChI=1S/C28H36Cl2N2O4/c1-3-26(28(34)31-20-9-5-4-6-10-20)32(19-23-24(29)11-7-12-25(23)30)27(33)13-8-18-36-22-16-14-21(35-2)15-17-22/h7,11-12,14-17,20,26H,3-6,8-10,13,18-19H2,1-2H3,(H,31,34)/t26-/m1/s1. The second-order valence-corrected chi connectivity index (χ2v) is 9.93. The van der Waals surface area contributed by atoms with Gasteiger partial charge in [0.1, 0.15) is 17.5 Å². The average Bonchev–Trinajstić information content (AvgIpc) is 2.89. The van der Waals surface area contributed by atoms with Gasteiger partial charge in [-0.25, -0.2) is 0 Å². The molecule has 0 unspecified atom stereocenters. The number of carbonyl (C=O) groups excluding carboxylic acids is 2. The van der Waals surface area contributed by atoms with E-state index in [0.717, 1.165) is 31.4 Å². The predicted octanol–water partition coefficient (Wildman–Crippen LogP) is 6.42. The van der Waals surface area contributed by atoms with Gasteiger partial charge in [0, 0.05) is 34.6 Å². The molecular formula is C28H36Cl2N2O4. The number of nitrogens with one attached hydrogen (secondary N) is 1. The Bertz CT molecular complexity index is 973. The molecule has 0 saturated heterocycles. The molecule has 1 aliphatic carbocycles. The van der Waals surface area contributed by atoms with Crippen molar-refractivity contribution in [2.24, 2.45) is 0 Å². The van der Waals surface area contributed by atoms with Gasteiger partial charge in [-0.15, -0.1) is 0 Å². The third-order valence-electron chi connectivity index (χ3n) is 6.59. The lowest BCUT2D eigenvalue weighted by Crippen LogP contribution is -2.51. The van der Waals surface area contributed by atoms with Gasteiger partial charge in [0.2, 0.25) is 11.8 Å². The Kier molecular flexibility index (Phi) is 11.2. The van der Waals surface area contributed by atoms with Crippen molar-refractivity contribution < 1.29 is 19.1 Å². The fourth-order valence-corrected chi connectivity index (χ4v) is 5.06. The summed E-state index contributed by atoms with van der Waals surface area (Å²) in [6.07, 6.45) is 6.65. The normalized spacial score (nSPS) is 14.7. The van der Waals surface area contributed by atoms with Gasteiger partial charge in [0.05, 0.1) is 13.7 Å². The Balaban J connectivity index is 1.68. The Morgan fingerprint density at radius 2 is 1.67 bits per heavy atom. The highest BCUT2D eigenvalue weighted by Gasteiger charge is 2.31. The average molecular weight is 536 g/mol. The first kappa shape index (κ1) is 28.1. The van der Waals surface area contributed by atoms with Crippen LogP contribution in [0.25, 0.3) is 0 Å².